The fraction of sp³-hybridized carbons (Fsp3) is 1.00. The molecule has 0 radical (unpaired) electrons. The third kappa shape index (κ3) is 3.44. The second-order valence-electron chi connectivity index (χ2n) is 5.15. The van der Waals surface area contributed by atoms with Crippen molar-refractivity contribution < 1.29 is 4.74 Å². The van der Waals surface area contributed by atoms with E-state index in [-0.39, 0.29) is 0 Å². The molecule has 16 heavy (non-hydrogen) atoms. The Labute approximate surface area is 100 Å². The molecule has 1 rings (SSSR count). The van der Waals surface area contributed by atoms with Crippen molar-refractivity contribution in [1.29, 1.82) is 0 Å². The molecule has 1 aliphatic rings. The molecule has 1 saturated heterocycles. The fourth-order valence-corrected chi connectivity index (χ4v) is 2.65. The van der Waals surface area contributed by atoms with Crippen LogP contribution in [0.1, 0.15) is 39.5 Å². The van der Waals surface area contributed by atoms with Gasteiger partial charge in [0.1, 0.15) is 0 Å². The maximum Gasteiger partial charge on any atom is 0.0698 e. The monoisotopic (exact) mass is 228 g/mol. The Morgan fingerprint density at radius 2 is 2.06 bits per heavy atom. The third-order valence-electron chi connectivity index (χ3n) is 4.29. The van der Waals surface area contributed by atoms with E-state index in [4.69, 9.17) is 10.5 Å². The van der Waals surface area contributed by atoms with Crippen LogP contribution in [-0.2, 0) is 4.74 Å². The van der Waals surface area contributed by atoms with E-state index in [9.17, 15) is 0 Å². The molecule has 0 aliphatic carbocycles. The minimum atomic E-state index is 0.315. The minimum Gasteiger partial charge on any atom is -0.380 e. The number of methoxy groups -OCH3 is 1. The molecular weight excluding hydrogens is 200 g/mol. The molecule has 1 aliphatic heterocycles. The minimum absolute atomic E-state index is 0.315. The molecule has 0 aromatic rings. The van der Waals surface area contributed by atoms with Gasteiger partial charge in [-0.3, -0.25) is 0 Å². The number of rotatable bonds is 6. The first kappa shape index (κ1) is 13.9. The summed E-state index contributed by atoms with van der Waals surface area (Å²) in [5.41, 5.74) is 6.27. The van der Waals surface area contributed by atoms with E-state index in [1.807, 2.05) is 7.11 Å². The SMILES string of the molecule is CCC(CC)(CN)CN1CCCC(OC)C1. The summed E-state index contributed by atoms with van der Waals surface area (Å²) in [6, 6.07) is 0. The zero-order chi connectivity index (χ0) is 12.0. The first-order valence-corrected chi connectivity index (χ1v) is 6.65. The molecule has 0 aromatic carbocycles. The van der Waals surface area contributed by atoms with Gasteiger partial charge >= 0.3 is 0 Å². The van der Waals surface area contributed by atoms with Crippen molar-refractivity contribution in [1.82, 2.24) is 4.90 Å². The van der Waals surface area contributed by atoms with Crippen LogP contribution in [0.25, 0.3) is 0 Å². The number of likely N-dealkylation sites (tertiary alicyclic amines) is 1. The maximum absolute atomic E-state index is 5.96. The molecule has 3 heteroatoms. The highest BCUT2D eigenvalue weighted by atomic mass is 16.5. The van der Waals surface area contributed by atoms with Crippen molar-refractivity contribution in [3.8, 4) is 0 Å². The predicted octanol–water partition coefficient (Wildman–Crippen LogP) is 1.86. The van der Waals surface area contributed by atoms with Crippen LogP contribution in [0.3, 0.4) is 0 Å². The predicted molar refractivity (Wildman–Crippen MR) is 68.5 cm³/mol. The van der Waals surface area contributed by atoms with E-state index in [1.54, 1.807) is 0 Å². The van der Waals surface area contributed by atoms with Crippen molar-refractivity contribution in [2.45, 2.75) is 45.6 Å². The highest BCUT2D eigenvalue weighted by molar-refractivity contribution is 4.84. The van der Waals surface area contributed by atoms with Gasteiger partial charge in [-0.25, -0.2) is 0 Å². The Hall–Kier alpha value is -0.120. The van der Waals surface area contributed by atoms with Crippen LogP contribution in [-0.4, -0.2) is 44.3 Å². The van der Waals surface area contributed by atoms with Crippen LogP contribution >= 0.6 is 0 Å². The Morgan fingerprint density at radius 1 is 1.38 bits per heavy atom. The Kier molecular flexibility index (Phi) is 5.73. The summed E-state index contributed by atoms with van der Waals surface area (Å²) in [5.74, 6) is 0. The zero-order valence-corrected chi connectivity index (χ0v) is 11.2. The lowest BCUT2D eigenvalue weighted by molar-refractivity contribution is 0.0135. The standard InChI is InChI=1S/C13H28N2O/c1-4-13(5-2,10-14)11-15-8-6-7-12(9-15)16-3/h12H,4-11,14H2,1-3H3. The second-order valence-corrected chi connectivity index (χ2v) is 5.15. The first-order chi connectivity index (χ1) is 7.69. The molecule has 1 heterocycles. The largest absolute Gasteiger partial charge is 0.380 e. The molecule has 0 amide bonds. The summed E-state index contributed by atoms with van der Waals surface area (Å²) in [6.07, 6.45) is 5.24. The lowest BCUT2D eigenvalue weighted by Crippen LogP contribution is -2.47. The summed E-state index contributed by atoms with van der Waals surface area (Å²) in [5, 5.41) is 0. The Balaban J connectivity index is 2.50. The third-order valence-corrected chi connectivity index (χ3v) is 4.29. The molecular formula is C13H28N2O. The van der Waals surface area contributed by atoms with E-state index >= 15 is 0 Å². The molecule has 1 atom stereocenters. The van der Waals surface area contributed by atoms with E-state index in [0.717, 1.165) is 19.6 Å². The summed E-state index contributed by atoms with van der Waals surface area (Å²) in [4.78, 5) is 2.54. The fourth-order valence-electron chi connectivity index (χ4n) is 2.65. The maximum atomic E-state index is 5.96. The van der Waals surface area contributed by atoms with Crippen LogP contribution in [0.2, 0.25) is 0 Å². The molecule has 0 bridgehead atoms. The molecule has 0 aromatic heterocycles. The Bertz CT molecular complexity index is 184. The number of nitrogens with two attached hydrogens (primary N) is 1. The van der Waals surface area contributed by atoms with Crippen molar-refractivity contribution in [3.63, 3.8) is 0 Å². The lowest BCUT2D eigenvalue weighted by atomic mass is 9.81. The number of hydrogen-bond donors (Lipinski definition) is 1. The Morgan fingerprint density at radius 3 is 2.56 bits per heavy atom. The van der Waals surface area contributed by atoms with Crippen molar-refractivity contribution in [2.75, 3.05) is 33.3 Å². The van der Waals surface area contributed by atoms with Crippen LogP contribution in [0.15, 0.2) is 0 Å². The van der Waals surface area contributed by atoms with Crippen LogP contribution < -0.4 is 5.73 Å². The van der Waals surface area contributed by atoms with Gasteiger partial charge in [0.15, 0.2) is 0 Å². The summed E-state index contributed by atoms with van der Waals surface area (Å²) >= 11 is 0. The molecule has 1 fully saturated rings. The highest BCUT2D eigenvalue weighted by Crippen LogP contribution is 2.27. The summed E-state index contributed by atoms with van der Waals surface area (Å²) < 4.78 is 5.46. The van der Waals surface area contributed by atoms with Gasteiger partial charge in [-0.05, 0) is 44.2 Å². The number of piperidine rings is 1. The average Bonchev–Trinajstić information content (AvgIpc) is 2.36. The van der Waals surface area contributed by atoms with Gasteiger partial charge in [0.05, 0.1) is 6.10 Å². The zero-order valence-electron chi connectivity index (χ0n) is 11.2. The van der Waals surface area contributed by atoms with Crippen molar-refractivity contribution in [3.05, 3.63) is 0 Å². The molecule has 0 spiro atoms. The molecule has 2 N–H and O–H groups in total. The number of ether oxygens (including phenoxy) is 1. The van der Waals surface area contributed by atoms with E-state index < -0.39 is 0 Å². The van der Waals surface area contributed by atoms with E-state index in [2.05, 4.69) is 18.7 Å². The normalized spacial score (nSPS) is 23.6. The summed E-state index contributed by atoms with van der Waals surface area (Å²) in [6.45, 7) is 8.74. The number of nitrogens with zero attached hydrogens (tertiary/aromatic N) is 1. The van der Waals surface area contributed by atoms with Gasteiger partial charge in [0.25, 0.3) is 0 Å². The summed E-state index contributed by atoms with van der Waals surface area (Å²) in [7, 11) is 1.82. The van der Waals surface area contributed by atoms with Gasteiger partial charge in [-0.2, -0.15) is 0 Å². The lowest BCUT2D eigenvalue weighted by Gasteiger charge is -2.40. The van der Waals surface area contributed by atoms with Crippen LogP contribution in [0, 0.1) is 5.41 Å². The van der Waals surface area contributed by atoms with Gasteiger partial charge in [-0.15, -0.1) is 0 Å². The van der Waals surface area contributed by atoms with Crippen LogP contribution in [0.4, 0.5) is 0 Å². The molecule has 1 unspecified atom stereocenters. The van der Waals surface area contributed by atoms with Crippen molar-refractivity contribution >= 4 is 0 Å². The topological polar surface area (TPSA) is 38.5 Å². The highest BCUT2D eigenvalue weighted by Gasteiger charge is 2.29. The average molecular weight is 228 g/mol. The molecule has 3 nitrogen and oxygen atoms in total. The molecule has 96 valence electrons. The number of hydrogen-bond acceptors (Lipinski definition) is 3. The van der Waals surface area contributed by atoms with Gasteiger partial charge in [0, 0.05) is 20.2 Å². The van der Waals surface area contributed by atoms with Crippen molar-refractivity contribution in [2.24, 2.45) is 11.1 Å². The molecule has 0 saturated carbocycles. The van der Waals surface area contributed by atoms with Gasteiger partial charge in [-0.1, -0.05) is 13.8 Å². The smallest absolute Gasteiger partial charge is 0.0698 e. The van der Waals surface area contributed by atoms with Gasteiger partial charge in [0.2, 0.25) is 0 Å². The second kappa shape index (κ2) is 6.58. The van der Waals surface area contributed by atoms with Gasteiger partial charge < -0.3 is 15.4 Å². The van der Waals surface area contributed by atoms with E-state index in [1.165, 1.54) is 32.2 Å². The quantitative estimate of drug-likeness (QED) is 0.754. The van der Waals surface area contributed by atoms with E-state index in [0.29, 0.717) is 11.5 Å². The first-order valence-electron chi connectivity index (χ1n) is 6.65. The van der Waals surface area contributed by atoms with Crippen LogP contribution in [0.5, 0.6) is 0 Å².